The molecule has 8 heteroatoms. The van der Waals surface area contributed by atoms with Crippen LogP contribution in [-0.4, -0.2) is 19.4 Å². The monoisotopic (exact) mass is 366 g/mol. The number of nitro groups is 1. The Morgan fingerprint density at radius 1 is 1.25 bits per heavy atom. The van der Waals surface area contributed by atoms with Crippen LogP contribution in [0.25, 0.3) is 0 Å². The molecular formula is C16H15ClN2O4S. The molecule has 0 aromatic heterocycles. The molecule has 3 rings (SSSR count). The normalized spacial score (nSPS) is 17.4. The molecule has 1 unspecified atom stereocenters. The van der Waals surface area contributed by atoms with Crippen molar-refractivity contribution in [2.24, 2.45) is 0 Å². The molecule has 24 heavy (non-hydrogen) atoms. The summed E-state index contributed by atoms with van der Waals surface area (Å²) >= 11 is 5.79. The van der Waals surface area contributed by atoms with Gasteiger partial charge in [0, 0.05) is 12.1 Å². The van der Waals surface area contributed by atoms with Crippen molar-refractivity contribution in [1.82, 2.24) is 0 Å². The van der Waals surface area contributed by atoms with Crippen LogP contribution in [0.1, 0.15) is 18.9 Å². The minimum absolute atomic E-state index is 0.0916. The Kier molecular flexibility index (Phi) is 4.23. The second-order valence-corrected chi connectivity index (χ2v) is 7.91. The Labute approximate surface area is 144 Å². The molecule has 1 atom stereocenters. The number of sulfonamides is 1. The first-order valence-electron chi connectivity index (χ1n) is 7.38. The lowest BCUT2D eigenvalue weighted by molar-refractivity contribution is -0.384. The first kappa shape index (κ1) is 16.7. The predicted molar refractivity (Wildman–Crippen MR) is 92.0 cm³/mol. The van der Waals surface area contributed by atoms with Gasteiger partial charge in [-0.1, -0.05) is 29.8 Å². The van der Waals surface area contributed by atoms with Gasteiger partial charge < -0.3 is 0 Å². The molecule has 0 aliphatic carbocycles. The predicted octanol–water partition coefficient (Wildman–Crippen LogP) is 3.78. The van der Waals surface area contributed by atoms with Gasteiger partial charge in [-0.05, 0) is 43.5 Å². The number of rotatable bonds is 3. The van der Waals surface area contributed by atoms with Crippen molar-refractivity contribution in [2.75, 3.05) is 4.31 Å². The minimum Gasteiger partial charge on any atom is -0.263 e. The van der Waals surface area contributed by atoms with Gasteiger partial charge in [0.05, 0.1) is 15.5 Å². The molecule has 0 bridgehead atoms. The summed E-state index contributed by atoms with van der Waals surface area (Å²) in [4.78, 5) is 10.2. The number of fused-ring (bicyclic) bond motifs is 1. The van der Waals surface area contributed by atoms with E-state index in [9.17, 15) is 18.5 Å². The van der Waals surface area contributed by atoms with Gasteiger partial charge in [0.15, 0.2) is 0 Å². The molecule has 2 aromatic carbocycles. The molecule has 0 N–H and O–H groups in total. The van der Waals surface area contributed by atoms with Crippen LogP contribution in [0.3, 0.4) is 0 Å². The number of halogens is 1. The van der Waals surface area contributed by atoms with Gasteiger partial charge in [0.1, 0.15) is 5.02 Å². The molecule has 0 fully saturated rings. The van der Waals surface area contributed by atoms with E-state index in [0.29, 0.717) is 12.1 Å². The Hall–Kier alpha value is -2.12. The molecule has 2 aromatic rings. The van der Waals surface area contributed by atoms with Crippen molar-refractivity contribution in [3.05, 3.63) is 63.2 Å². The van der Waals surface area contributed by atoms with Crippen LogP contribution in [0.4, 0.5) is 11.4 Å². The Morgan fingerprint density at radius 3 is 2.67 bits per heavy atom. The molecule has 1 aliphatic rings. The van der Waals surface area contributed by atoms with Crippen LogP contribution in [0.15, 0.2) is 47.4 Å². The largest absolute Gasteiger partial charge is 0.289 e. The zero-order valence-electron chi connectivity index (χ0n) is 12.8. The molecular weight excluding hydrogens is 352 g/mol. The number of nitro benzene ring substituents is 1. The SMILES string of the molecule is CC1CCc2ccccc2N1S(=O)(=O)c1ccc(Cl)c([N+](=O)[O-])c1. The van der Waals surface area contributed by atoms with Crippen molar-refractivity contribution in [3.8, 4) is 0 Å². The van der Waals surface area contributed by atoms with Crippen molar-refractivity contribution in [3.63, 3.8) is 0 Å². The quantitative estimate of drug-likeness (QED) is 0.611. The molecule has 0 radical (unpaired) electrons. The zero-order chi connectivity index (χ0) is 17.5. The van der Waals surface area contributed by atoms with Gasteiger partial charge in [-0.25, -0.2) is 8.42 Å². The first-order valence-corrected chi connectivity index (χ1v) is 9.20. The van der Waals surface area contributed by atoms with E-state index in [1.54, 1.807) is 12.1 Å². The number of benzene rings is 2. The molecule has 0 saturated carbocycles. The zero-order valence-corrected chi connectivity index (χ0v) is 14.4. The average molecular weight is 367 g/mol. The highest BCUT2D eigenvalue weighted by Crippen LogP contribution is 2.36. The Bertz CT molecular complexity index is 914. The average Bonchev–Trinajstić information content (AvgIpc) is 2.54. The summed E-state index contributed by atoms with van der Waals surface area (Å²) in [5.74, 6) is 0. The summed E-state index contributed by atoms with van der Waals surface area (Å²) in [6.07, 6.45) is 1.48. The summed E-state index contributed by atoms with van der Waals surface area (Å²) in [6, 6.07) is 10.6. The summed E-state index contributed by atoms with van der Waals surface area (Å²) in [5, 5.41) is 11.0. The van der Waals surface area contributed by atoms with Crippen LogP contribution in [0, 0.1) is 10.1 Å². The van der Waals surface area contributed by atoms with Crippen LogP contribution >= 0.6 is 11.6 Å². The first-order chi connectivity index (χ1) is 11.3. The maximum Gasteiger partial charge on any atom is 0.289 e. The standard InChI is InChI=1S/C16H15ClN2O4S/c1-11-6-7-12-4-2-3-5-15(12)18(11)24(22,23)13-8-9-14(17)16(10-13)19(20)21/h2-5,8-11H,6-7H2,1H3. The van der Waals surface area contributed by atoms with E-state index in [1.807, 2.05) is 19.1 Å². The van der Waals surface area contributed by atoms with Crippen molar-refractivity contribution in [1.29, 1.82) is 0 Å². The Morgan fingerprint density at radius 2 is 1.96 bits per heavy atom. The highest BCUT2D eigenvalue weighted by Gasteiger charge is 2.34. The lowest BCUT2D eigenvalue weighted by Crippen LogP contribution is -2.42. The molecule has 0 saturated heterocycles. The molecule has 0 spiro atoms. The smallest absolute Gasteiger partial charge is 0.263 e. The van der Waals surface area contributed by atoms with Gasteiger partial charge in [-0.15, -0.1) is 0 Å². The number of anilines is 1. The third-order valence-corrected chi connectivity index (χ3v) is 6.38. The highest BCUT2D eigenvalue weighted by atomic mass is 35.5. The van der Waals surface area contributed by atoms with Crippen LogP contribution in [0.5, 0.6) is 0 Å². The second-order valence-electron chi connectivity index (χ2n) is 5.69. The van der Waals surface area contributed by atoms with E-state index in [4.69, 9.17) is 11.6 Å². The van der Waals surface area contributed by atoms with Crippen molar-refractivity contribution < 1.29 is 13.3 Å². The van der Waals surface area contributed by atoms with Gasteiger partial charge >= 0.3 is 0 Å². The van der Waals surface area contributed by atoms with Crippen LogP contribution in [0.2, 0.25) is 5.02 Å². The van der Waals surface area contributed by atoms with Crippen molar-refractivity contribution in [2.45, 2.75) is 30.7 Å². The third kappa shape index (κ3) is 2.74. The molecule has 0 amide bonds. The fourth-order valence-electron chi connectivity index (χ4n) is 2.93. The maximum absolute atomic E-state index is 13.1. The number of hydrogen-bond donors (Lipinski definition) is 0. The number of para-hydroxylation sites is 1. The van der Waals surface area contributed by atoms with Gasteiger partial charge in [-0.2, -0.15) is 0 Å². The van der Waals surface area contributed by atoms with E-state index < -0.39 is 20.6 Å². The highest BCUT2D eigenvalue weighted by molar-refractivity contribution is 7.92. The van der Waals surface area contributed by atoms with E-state index in [1.165, 1.54) is 16.4 Å². The summed E-state index contributed by atoms with van der Waals surface area (Å²) in [6.45, 7) is 1.83. The second kappa shape index (κ2) is 6.07. The van der Waals surface area contributed by atoms with Crippen LogP contribution in [-0.2, 0) is 16.4 Å². The number of hydrogen-bond acceptors (Lipinski definition) is 4. The number of nitrogens with zero attached hydrogens (tertiary/aromatic N) is 2. The van der Waals surface area contributed by atoms with E-state index in [0.717, 1.165) is 18.1 Å². The maximum atomic E-state index is 13.1. The van der Waals surface area contributed by atoms with E-state index in [-0.39, 0.29) is 16.0 Å². The lowest BCUT2D eigenvalue weighted by Gasteiger charge is -2.35. The van der Waals surface area contributed by atoms with Gasteiger partial charge in [0.25, 0.3) is 15.7 Å². The minimum atomic E-state index is -3.93. The summed E-state index contributed by atoms with van der Waals surface area (Å²) in [5.41, 5.74) is 1.15. The Balaban J connectivity index is 2.15. The van der Waals surface area contributed by atoms with Crippen molar-refractivity contribution >= 4 is 33.0 Å². The van der Waals surface area contributed by atoms with E-state index >= 15 is 0 Å². The fourth-order valence-corrected chi connectivity index (χ4v) is 4.86. The molecule has 1 heterocycles. The molecule has 6 nitrogen and oxygen atoms in total. The van der Waals surface area contributed by atoms with E-state index in [2.05, 4.69) is 0 Å². The van der Waals surface area contributed by atoms with Gasteiger partial charge in [0.2, 0.25) is 0 Å². The topological polar surface area (TPSA) is 80.5 Å². The summed E-state index contributed by atoms with van der Waals surface area (Å²) in [7, 11) is -3.93. The number of aryl methyl sites for hydroxylation is 1. The summed E-state index contributed by atoms with van der Waals surface area (Å²) < 4.78 is 27.6. The third-order valence-electron chi connectivity index (χ3n) is 4.13. The van der Waals surface area contributed by atoms with Gasteiger partial charge in [-0.3, -0.25) is 14.4 Å². The van der Waals surface area contributed by atoms with Crippen LogP contribution < -0.4 is 4.31 Å². The fraction of sp³-hybridized carbons (Fsp3) is 0.250. The molecule has 126 valence electrons. The lowest BCUT2D eigenvalue weighted by atomic mass is 9.99. The molecule has 1 aliphatic heterocycles.